The van der Waals surface area contributed by atoms with Crippen molar-refractivity contribution in [3.63, 3.8) is 0 Å². The molecule has 5 nitrogen and oxygen atoms in total. The standard InChI is InChI=1S/C26H32N2O3/c1-18(2)31-15-9-14-28-25(29)23(22-13-12-19(3)20(4)16-22)24(26(28)30)27(5)17-21-10-7-6-8-11-21/h6-8,10-13,16,18H,9,14-15,17H2,1-5H3. The molecule has 0 fully saturated rings. The maximum absolute atomic E-state index is 13.4. The first kappa shape index (κ1) is 22.8. The molecule has 0 aliphatic carbocycles. The average molecular weight is 421 g/mol. The van der Waals surface area contributed by atoms with Crippen LogP contribution in [0.1, 0.15) is 42.5 Å². The van der Waals surface area contributed by atoms with E-state index in [1.807, 2.05) is 88.2 Å². The highest BCUT2D eigenvalue weighted by Crippen LogP contribution is 2.32. The van der Waals surface area contributed by atoms with Crippen molar-refractivity contribution >= 4 is 17.4 Å². The van der Waals surface area contributed by atoms with Gasteiger partial charge in [0.05, 0.1) is 11.7 Å². The summed E-state index contributed by atoms with van der Waals surface area (Å²) in [6, 6.07) is 15.9. The van der Waals surface area contributed by atoms with Gasteiger partial charge in [-0.1, -0.05) is 48.5 Å². The van der Waals surface area contributed by atoms with Crippen molar-refractivity contribution in [1.82, 2.24) is 9.80 Å². The van der Waals surface area contributed by atoms with E-state index in [4.69, 9.17) is 4.74 Å². The summed E-state index contributed by atoms with van der Waals surface area (Å²) in [5, 5.41) is 0. The second-order valence-corrected chi connectivity index (χ2v) is 8.40. The van der Waals surface area contributed by atoms with Crippen molar-refractivity contribution in [2.45, 2.75) is 46.8 Å². The van der Waals surface area contributed by atoms with Crippen LogP contribution in [-0.2, 0) is 20.9 Å². The van der Waals surface area contributed by atoms with Gasteiger partial charge in [0.25, 0.3) is 11.8 Å². The van der Waals surface area contributed by atoms with Gasteiger partial charge in [-0.2, -0.15) is 0 Å². The Labute approximate surface area is 185 Å². The third kappa shape index (κ3) is 5.23. The number of amides is 2. The summed E-state index contributed by atoms with van der Waals surface area (Å²) in [5.74, 6) is -0.464. The van der Waals surface area contributed by atoms with Crippen molar-refractivity contribution in [3.8, 4) is 0 Å². The van der Waals surface area contributed by atoms with Gasteiger partial charge in [0.1, 0.15) is 5.70 Å². The Balaban J connectivity index is 1.93. The van der Waals surface area contributed by atoms with Gasteiger partial charge in [0, 0.05) is 26.7 Å². The molecule has 0 atom stereocenters. The fraction of sp³-hybridized carbons (Fsp3) is 0.385. The highest BCUT2D eigenvalue weighted by Gasteiger charge is 2.40. The molecule has 3 rings (SSSR count). The summed E-state index contributed by atoms with van der Waals surface area (Å²) in [7, 11) is 1.87. The lowest BCUT2D eigenvalue weighted by molar-refractivity contribution is -0.137. The molecule has 2 aromatic rings. The highest BCUT2D eigenvalue weighted by atomic mass is 16.5. The Hall–Kier alpha value is -2.92. The van der Waals surface area contributed by atoms with Gasteiger partial charge < -0.3 is 9.64 Å². The van der Waals surface area contributed by atoms with Gasteiger partial charge >= 0.3 is 0 Å². The Morgan fingerprint density at radius 2 is 1.68 bits per heavy atom. The zero-order valence-electron chi connectivity index (χ0n) is 19.1. The first-order chi connectivity index (χ1) is 14.8. The molecule has 0 saturated carbocycles. The van der Waals surface area contributed by atoms with E-state index >= 15 is 0 Å². The molecule has 164 valence electrons. The van der Waals surface area contributed by atoms with Crippen LogP contribution in [0.5, 0.6) is 0 Å². The number of carbonyl (C=O) groups is 2. The topological polar surface area (TPSA) is 49.9 Å². The molecule has 5 heteroatoms. The van der Waals surface area contributed by atoms with E-state index < -0.39 is 0 Å². The van der Waals surface area contributed by atoms with Crippen molar-refractivity contribution in [2.24, 2.45) is 0 Å². The van der Waals surface area contributed by atoms with E-state index in [1.165, 1.54) is 4.90 Å². The zero-order chi connectivity index (χ0) is 22.5. The van der Waals surface area contributed by atoms with Crippen LogP contribution in [0.25, 0.3) is 5.57 Å². The van der Waals surface area contributed by atoms with Crippen LogP contribution in [0, 0.1) is 13.8 Å². The predicted octanol–water partition coefficient (Wildman–Crippen LogP) is 4.33. The Morgan fingerprint density at radius 3 is 2.32 bits per heavy atom. The number of carbonyl (C=O) groups excluding carboxylic acids is 2. The second-order valence-electron chi connectivity index (χ2n) is 8.40. The number of rotatable bonds is 9. The monoisotopic (exact) mass is 420 g/mol. The molecule has 0 spiro atoms. The Bertz CT molecular complexity index is 979. The van der Waals surface area contributed by atoms with Gasteiger partial charge in [0.15, 0.2) is 0 Å². The van der Waals surface area contributed by atoms with Gasteiger partial charge in [0.2, 0.25) is 0 Å². The maximum atomic E-state index is 13.4. The van der Waals surface area contributed by atoms with Crippen LogP contribution in [0.2, 0.25) is 0 Å². The number of imide groups is 1. The molecule has 1 aliphatic rings. The molecule has 0 N–H and O–H groups in total. The molecule has 2 aromatic carbocycles. The highest BCUT2D eigenvalue weighted by molar-refractivity contribution is 6.35. The summed E-state index contributed by atoms with van der Waals surface area (Å²) in [4.78, 5) is 30.0. The largest absolute Gasteiger partial charge is 0.379 e. The van der Waals surface area contributed by atoms with E-state index in [-0.39, 0.29) is 17.9 Å². The molecular formula is C26H32N2O3. The number of likely N-dealkylation sites (N-methyl/N-ethyl adjacent to an activating group) is 1. The summed E-state index contributed by atoms with van der Waals surface area (Å²) < 4.78 is 5.59. The van der Waals surface area contributed by atoms with Crippen molar-refractivity contribution in [3.05, 3.63) is 76.5 Å². The molecule has 0 radical (unpaired) electrons. The van der Waals surface area contributed by atoms with Crippen LogP contribution in [0.3, 0.4) is 0 Å². The van der Waals surface area contributed by atoms with E-state index in [0.717, 1.165) is 22.3 Å². The number of ether oxygens (including phenoxy) is 1. The van der Waals surface area contributed by atoms with Crippen LogP contribution < -0.4 is 0 Å². The first-order valence-electron chi connectivity index (χ1n) is 10.8. The molecule has 1 aliphatic heterocycles. The van der Waals surface area contributed by atoms with Crippen molar-refractivity contribution < 1.29 is 14.3 Å². The molecular weight excluding hydrogens is 388 g/mol. The fourth-order valence-electron chi connectivity index (χ4n) is 3.76. The SMILES string of the molecule is Cc1ccc(C2=C(N(C)Cc3ccccc3)C(=O)N(CCCOC(C)C)C2=O)cc1C. The summed E-state index contributed by atoms with van der Waals surface area (Å²) in [6.07, 6.45) is 0.743. The fourth-order valence-corrected chi connectivity index (χ4v) is 3.76. The normalized spacial score (nSPS) is 14.2. The first-order valence-corrected chi connectivity index (χ1v) is 10.8. The van der Waals surface area contributed by atoms with Crippen LogP contribution >= 0.6 is 0 Å². The van der Waals surface area contributed by atoms with Crippen LogP contribution in [0.4, 0.5) is 0 Å². The smallest absolute Gasteiger partial charge is 0.277 e. The molecule has 0 saturated heterocycles. The number of benzene rings is 2. The van der Waals surface area contributed by atoms with Gasteiger partial charge in [-0.3, -0.25) is 14.5 Å². The minimum atomic E-state index is -0.235. The lowest BCUT2D eigenvalue weighted by atomic mass is 9.99. The zero-order valence-corrected chi connectivity index (χ0v) is 19.1. The van der Waals surface area contributed by atoms with Crippen molar-refractivity contribution in [1.29, 1.82) is 0 Å². The second kappa shape index (κ2) is 9.92. The van der Waals surface area contributed by atoms with E-state index in [0.29, 0.717) is 37.4 Å². The van der Waals surface area contributed by atoms with Crippen LogP contribution in [0.15, 0.2) is 54.2 Å². The van der Waals surface area contributed by atoms with E-state index in [2.05, 4.69) is 0 Å². The molecule has 1 heterocycles. The lowest BCUT2D eigenvalue weighted by Gasteiger charge is -2.21. The minimum absolute atomic E-state index is 0.127. The van der Waals surface area contributed by atoms with Gasteiger partial charge in [-0.15, -0.1) is 0 Å². The Kier molecular flexibility index (Phi) is 7.29. The third-order valence-corrected chi connectivity index (χ3v) is 5.56. The predicted molar refractivity (Wildman–Crippen MR) is 123 cm³/mol. The molecule has 2 amide bonds. The quantitative estimate of drug-likeness (QED) is 0.448. The summed E-state index contributed by atoms with van der Waals surface area (Å²) in [6.45, 7) is 9.43. The van der Waals surface area contributed by atoms with E-state index in [9.17, 15) is 9.59 Å². The van der Waals surface area contributed by atoms with Crippen molar-refractivity contribution in [2.75, 3.05) is 20.2 Å². The average Bonchev–Trinajstić information content (AvgIpc) is 2.98. The maximum Gasteiger partial charge on any atom is 0.277 e. The summed E-state index contributed by atoms with van der Waals surface area (Å²) in [5.41, 5.74) is 5.07. The van der Waals surface area contributed by atoms with E-state index in [1.54, 1.807) is 0 Å². The lowest BCUT2D eigenvalue weighted by Crippen LogP contribution is -2.35. The van der Waals surface area contributed by atoms with Crippen LogP contribution in [-0.4, -0.2) is 47.9 Å². The third-order valence-electron chi connectivity index (χ3n) is 5.56. The number of nitrogens with zero attached hydrogens (tertiary/aromatic N) is 2. The molecule has 0 aromatic heterocycles. The number of hydrogen-bond acceptors (Lipinski definition) is 4. The van der Waals surface area contributed by atoms with Gasteiger partial charge in [-0.25, -0.2) is 0 Å². The molecule has 0 unspecified atom stereocenters. The Morgan fingerprint density at radius 1 is 0.968 bits per heavy atom. The number of aryl methyl sites for hydroxylation is 2. The molecule has 31 heavy (non-hydrogen) atoms. The minimum Gasteiger partial charge on any atom is -0.379 e. The number of hydrogen-bond donors (Lipinski definition) is 0. The summed E-state index contributed by atoms with van der Waals surface area (Å²) >= 11 is 0. The molecule has 0 bridgehead atoms. The van der Waals surface area contributed by atoms with Gasteiger partial charge in [-0.05, 0) is 56.4 Å².